The molecule has 2 rings (SSSR count). The average Bonchev–Trinajstić information content (AvgIpc) is 2.97. The molecule has 1 unspecified atom stereocenters. The molecule has 24 heavy (non-hydrogen) atoms. The van der Waals surface area contributed by atoms with Crippen molar-refractivity contribution >= 4 is 6.03 Å². The van der Waals surface area contributed by atoms with Crippen LogP contribution in [0, 0.1) is 5.92 Å². The van der Waals surface area contributed by atoms with Gasteiger partial charge in [-0.1, -0.05) is 13.0 Å². The topological polar surface area (TPSA) is 92.1 Å². The predicted octanol–water partition coefficient (Wildman–Crippen LogP) is 1.03. The Labute approximate surface area is 142 Å². The van der Waals surface area contributed by atoms with Crippen LogP contribution in [-0.4, -0.2) is 39.1 Å². The Balaban J connectivity index is 1.77. The Bertz CT molecular complexity index is 642. The first-order chi connectivity index (χ1) is 11.6. The molecule has 2 amide bonds. The Morgan fingerprint density at radius 3 is 2.88 bits per heavy atom. The third-order valence-electron chi connectivity index (χ3n) is 3.80. The first-order valence-corrected chi connectivity index (χ1v) is 8.16. The van der Waals surface area contributed by atoms with Crippen LogP contribution >= 0.6 is 0 Å². The molecule has 2 aromatic rings. The van der Waals surface area contributed by atoms with Crippen molar-refractivity contribution in [2.75, 3.05) is 13.2 Å². The summed E-state index contributed by atoms with van der Waals surface area (Å²) in [7, 11) is 1.87. The standard InChI is InChI=1S/C17H25N5O2/c1-3-16-14(11-22(2)21-16)10-20-17(24)19-9-13(12-23)8-15-6-4-5-7-18-15/h4-7,11,13,23H,3,8-10,12H2,1-2H3,(H2,19,20,24). The van der Waals surface area contributed by atoms with E-state index in [4.69, 9.17) is 0 Å². The van der Waals surface area contributed by atoms with Crippen LogP contribution in [0.2, 0.25) is 0 Å². The maximum absolute atomic E-state index is 11.9. The van der Waals surface area contributed by atoms with E-state index in [1.165, 1.54) is 0 Å². The summed E-state index contributed by atoms with van der Waals surface area (Å²) in [5, 5.41) is 19.4. The van der Waals surface area contributed by atoms with Gasteiger partial charge in [-0.2, -0.15) is 5.10 Å². The summed E-state index contributed by atoms with van der Waals surface area (Å²) in [5.41, 5.74) is 2.91. The lowest BCUT2D eigenvalue weighted by Gasteiger charge is -2.15. The zero-order valence-electron chi connectivity index (χ0n) is 14.2. The maximum Gasteiger partial charge on any atom is 0.315 e. The van der Waals surface area contributed by atoms with E-state index in [0.29, 0.717) is 19.5 Å². The number of urea groups is 1. The number of hydrogen-bond acceptors (Lipinski definition) is 4. The molecule has 0 aliphatic rings. The number of hydrogen-bond donors (Lipinski definition) is 3. The maximum atomic E-state index is 11.9. The predicted molar refractivity (Wildman–Crippen MR) is 91.3 cm³/mol. The first kappa shape index (κ1) is 17.9. The van der Waals surface area contributed by atoms with Crippen LogP contribution in [0.15, 0.2) is 30.6 Å². The Morgan fingerprint density at radius 2 is 2.21 bits per heavy atom. The molecule has 0 aliphatic carbocycles. The summed E-state index contributed by atoms with van der Waals surface area (Å²) in [6.07, 6.45) is 5.09. The number of amides is 2. The van der Waals surface area contributed by atoms with Crippen molar-refractivity contribution in [2.45, 2.75) is 26.3 Å². The molecule has 0 bridgehead atoms. The number of aromatic nitrogens is 3. The molecule has 0 saturated carbocycles. The largest absolute Gasteiger partial charge is 0.396 e. The van der Waals surface area contributed by atoms with E-state index >= 15 is 0 Å². The normalized spacial score (nSPS) is 12.0. The molecule has 2 heterocycles. The van der Waals surface area contributed by atoms with E-state index in [1.54, 1.807) is 10.9 Å². The molecule has 0 spiro atoms. The highest BCUT2D eigenvalue weighted by Gasteiger charge is 2.12. The molecule has 0 aromatic carbocycles. The van der Waals surface area contributed by atoms with Crippen LogP contribution in [0.25, 0.3) is 0 Å². The number of carbonyl (C=O) groups excluding carboxylic acids is 1. The summed E-state index contributed by atoms with van der Waals surface area (Å²) in [6.45, 7) is 2.87. The van der Waals surface area contributed by atoms with Crippen LogP contribution in [0.1, 0.15) is 23.9 Å². The van der Waals surface area contributed by atoms with Gasteiger partial charge in [-0.3, -0.25) is 9.67 Å². The summed E-state index contributed by atoms with van der Waals surface area (Å²) < 4.78 is 1.75. The van der Waals surface area contributed by atoms with E-state index < -0.39 is 0 Å². The van der Waals surface area contributed by atoms with Gasteiger partial charge >= 0.3 is 6.03 Å². The van der Waals surface area contributed by atoms with Crippen LogP contribution in [-0.2, 0) is 26.4 Å². The number of carbonyl (C=O) groups is 1. The second kappa shape index (κ2) is 9.02. The molecular weight excluding hydrogens is 306 g/mol. The highest BCUT2D eigenvalue weighted by molar-refractivity contribution is 5.73. The molecule has 0 saturated heterocycles. The Kier molecular flexibility index (Phi) is 6.74. The first-order valence-electron chi connectivity index (χ1n) is 8.16. The van der Waals surface area contributed by atoms with E-state index in [0.717, 1.165) is 23.4 Å². The van der Waals surface area contributed by atoms with Crippen molar-refractivity contribution in [3.63, 3.8) is 0 Å². The van der Waals surface area contributed by atoms with Gasteiger partial charge in [-0.05, 0) is 25.0 Å². The summed E-state index contributed by atoms with van der Waals surface area (Å²) in [6, 6.07) is 5.43. The molecular formula is C17H25N5O2. The van der Waals surface area contributed by atoms with Gasteiger partial charge in [0.15, 0.2) is 0 Å². The van der Waals surface area contributed by atoms with Gasteiger partial charge < -0.3 is 15.7 Å². The highest BCUT2D eigenvalue weighted by atomic mass is 16.3. The average molecular weight is 331 g/mol. The van der Waals surface area contributed by atoms with E-state index in [9.17, 15) is 9.90 Å². The fourth-order valence-electron chi connectivity index (χ4n) is 2.52. The smallest absolute Gasteiger partial charge is 0.315 e. The van der Waals surface area contributed by atoms with Gasteiger partial charge in [0.25, 0.3) is 0 Å². The quantitative estimate of drug-likeness (QED) is 0.674. The summed E-state index contributed by atoms with van der Waals surface area (Å²) >= 11 is 0. The minimum absolute atomic E-state index is 0.000553. The molecule has 7 heteroatoms. The lowest BCUT2D eigenvalue weighted by atomic mass is 10.0. The Morgan fingerprint density at radius 1 is 1.38 bits per heavy atom. The molecule has 130 valence electrons. The Hall–Kier alpha value is -2.41. The van der Waals surface area contributed by atoms with Crippen molar-refractivity contribution in [1.29, 1.82) is 0 Å². The van der Waals surface area contributed by atoms with E-state index in [1.807, 2.05) is 38.4 Å². The van der Waals surface area contributed by atoms with Crippen molar-refractivity contribution < 1.29 is 9.90 Å². The molecule has 3 N–H and O–H groups in total. The van der Waals surface area contributed by atoms with Crippen molar-refractivity contribution in [2.24, 2.45) is 13.0 Å². The second-order valence-corrected chi connectivity index (χ2v) is 5.77. The fraction of sp³-hybridized carbons (Fsp3) is 0.471. The fourth-order valence-corrected chi connectivity index (χ4v) is 2.52. The number of nitrogens with one attached hydrogen (secondary N) is 2. The van der Waals surface area contributed by atoms with E-state index in [-0.39, 0.29) is 18.6 Å². The third kappa shape index (κ3) is 5.34. The second-order valence-electron chi connectivity index (χ2n) is 5.77. The summed E-state index contributed by atoms with van der Waals surface area (Å²) in [4.78, 5) is 16.2. The van der Waals surface area contributed by atoms with Crippen molar-refractivity contribution in [3.8, 4) is 0 Å². The SMILES string of the molecule is CCc1nn(C)cc1CNC(=O)NCC(CO)Cc1ccccn1. The van der Waals surface area contributed by atoms with Gasteiger partial charge in [0.2, 0.25) is 0 Å². The molecule has 7 nitrogen and oxygen atoms in total. The van der Waals surface area contributed by atoms with Crippen LogP contribution in [0.4, 0.5) is 4.79 Å². The number of nitrogens with zero attached hydrogens (tertiary/aromatic N) is 3. The van der Waals surface area contributed by atoms with Gasteiger partial charge in [-0.15, -0.1) is 0 Å². The lowest BCUT2D eigenvalue weighted by Crippen LogP contribution is -2.39. The number of aliphatic hydroxyl groups is 1. The van der Waals surface area contributed by atoms with Crippen molar-refractivity contribution in [1.82, 2.24) is 25.4 Å². The molecule has 1 atom stereocenters. The highest BCUT2D eigenvalue weighted by Crippen LogP contribution is 2.07. The molecule has 0 radical (unpaired) electrons. The zero-order chi connectivity index (χ0) is 17.4. The number of pyridine rings is 1. The number of aliphatic hydroxyl groups excluding tert-OH is 1. The zero-order valence-corrected chi connectivity index (χ0v) is 14.2. The van der Waals surface area contributed by atoms with Crippen LogP contribution in [0.3, 0.4) is 0 Å². The molecule has 0 fully saturated rings. The van der Waals surface area contributed by atoms with Gasteiger partial charge in [0.1, 0.15) is 0 Å². The minimum atomic E-state index is -0.250. The van der Waals surface area contributed by atoms with Crippen LogP contribution in [0.5, 0.6) is 0 Å². The number of rotatable bonds is 8. The van der Waals surface area contributed by atoms with Gasteiger partial charge in [-0.25, -0.2) is 4.79 Å². The minimum Gasteiger partial charge on any atom is -0.396 e. The molecule has 2 aromatic heterocycles. The van der Waals surface area contributed by atoms with Gasteiger partial charge in [0.05, 0.1) is 5.69 Å². The van der Waals surface area contributed by atoms with Crippen LogP contribution < -0.4 is 10.6 Å². The van der Waals surface area contributed by atoms with Crippen molar-refractivity contribution in [3.05, 3.63) is 47.5 Å². The van der Waals surface area contributed by atoms with Gasteiger partial charge in [0, 0.05) is 56.3 Å². The molecule has 0 aliphatic heterocycles. The lowest BCUT2D eigenvalue weighted by molar-refractivity contribution is 0.213. The monoisotopic (exact) mass is 331 g/mol. The van der Waals surface area contributed by atoms with E-state index in [2.05, 4.69) is 20.7 Å². The number of aryl methyl sites for hydroxylation is 2. The third-order valence-corrected chi connectivity index (χ3v) is 3.80. The summed E-state index contributed by atoms with van der Waals surface area (Å²) in [5.74, 6) is -0.0600.